The highest BCUT2D eigenvalue weighted by Crippen LogP contribution is 2.42. The largest absolute Gasteiger partial charge is 0.382 e. The van der Waals surface area contributed by atoms with E-state index in [-0.39, 0.29) is 11.4 Å². The van der Waals surface area contributed by atoms with Crippen LogP contribution in [0.15, 0.2) is 40.8 Å². The van der Waals surface area contributed by atoms with Gasteiger partial charge in [-0.05, 0) is 38.4 Å². The van der Waals surface area contributed by atoms with E-state index in [1.54, 1.807) is 0 Å². The minimum Gasteiger partial charge on any atom is -0.382 e. The lowest BCUT2D eigenvalue weighted by Crippen LogP contribution is -2.28. The number of Topliss-reactive ketones (excluding diaryl/α,β-unsaturated/α-hetero) is 1. The monoisotopic (exact) mass is 405 g/mol. The number of rotatable bonds is 6. The first-order valence-corrected chi connectivity index (χ1v) is 11.3. The number of carbonyl (C=O) groups excluding carboxylic acids is 1. The van der Waals surface area contributed by atoms with Crippen molar-refractivity contribution >= 4 is 34.0 Å². The smallest absolute Gasteiger partial charge is 0.206 e. The molecule has 2 aliphatic carbocycles. The molecule has 0 bridgehead atoms. The summed E-state index contributed by atoms with van der Waals surface area (Å²) in [7, 11) is 4.02. The fourth-order valence-corrected chi connectivity index (χ4v) is 5.69. The van der Waals surface area contributed by atoms with Crippen molar-refractivity contribution in [3.05, 3.63) is 47.0 Å². The maximum atomic E-state index is 13.1. The molecule has 150 valence electrons. The average molecular weight is 406 g/mol. The van der Waals surface area contributed by atoms with Gasteiger partial charge in [-0.1, -0.05) is 43.5 Å². The van der Waals surface area contributed by atoms with E-state index in [4.69, 9.17) is 0 Å². The van der Waals surface area contributed by atoms with Crippen molar-refractivity contribution in [1.29, 1.82) is 5.26 Å². The van der Waals surface area contributed by atoms with Crippen LogP contribution in [0.5, 0.6) is 0 Å². The van der Waals surface area contributed by atoms with Gasteiger partial charge in [0.1, 0.15) is 11.6 Å². The second kappa shape index (κ2) is 8.61. The molecule has 0 amide bonds. The number of thioether (sulfide) groups is 1. The highest BCUT2D eigenvalue weighted by Gasteiger charge is 2.29. The molecule has 29 heavy (non-hydrogen) atoms. The van der Waals surface area contributed by atoms with Crippen LogP contribution in [0, 0.1) is 11.3 Å². The lowest BCUT2D eigenvalue weighted by atomic mass is 9.86. The number of allylic oxidation sites excluding steroid dienone is 1. The highest BCUT2D eigenvalue weighted by molar-refractivity contribution is 8.00. The van der Waals surface area contributed by atoms with Gasteiger partial charge in [-0.3, -0.25) is 4.79 Å². The summed E-state index contributed by atoms with van der Waals surface area (Å²) in [5, 5.41) is 15.9. The van der Waals surface area contributed by atoms with Gasteiger partial charge in [0.25, 0.3) is 0 Å². The molecule has 0 heterocycles. The van der Waals surface area contributed by atoms with Crippen LogP contribution in [0.25, 0.3) is 16.5 Å². The second-order valence-corrected chi connectivity index (χ2v) is 9.48. The van der Waals surface area contributed by atoms with Crippen LogP contribution < -0.4 is 5.32 Å². The fraction of sp³-hybridized carbons (Fsp3) is 0.417. The van der Waals surface area contributed by atoms with E-state index in [1.807, 2.05) is 38.0 Å². The predicted octanol–water partition coefficient (Wildman–Crippen LogP) is 4.85. The van der Waals surface area contributed by atoms with E-state index in [2.05, 4.69) is 34.5 Å². The van der Waals surface area contributed by atoms with Crippen molar-refractivity contribution in [2.45, 2.75) is 42.2 Å². The Morgan fingerprint density at radius 2 is 1.93 bits per heavy atom. The van der Waals surface area contributed by atoms with Crippen LogP contribution in [-0.4, -0.2) is 43.1 Å². The van der Waals surface area contributed by atoms with Crippen LogP contribution >= 0.6 is 11.8 Å². The van der Waals surface area contributed by atoms with Gasteiger partial charge in [0.15, 0.2) is 0 Å². The summed E-state index contributed by atoms with van der Waals surface area (Å²) in [6.07, 6.45) is 6.50. The van der Waals surface area contributed by atoms with Crippen molar-refractivity contribution in [3.63, 3.8) is 0 Å². The van der Waals surface area contributed by atoms with Crippen molar-refractivity contribution < 1.29 is 4.79 Å². The third kappa shape index (κ3) is 3.92. The topological polar surface area (TPSA) is 56.1 Å². The summed E-state index contributed by atoms with van der Waals surface area (Å²) in [4.78, 5) is 16.4. The molecule has 4 nitrogen and oxygen atoms in total. The van der Waals surface area contributed by atoms with Gasteiger partial charge in [-0.2, -0.15) is 5.26 Å². The summed E-state index contributed by atoms with van der Waals surface area (Å²) in [6, 6.07) is 12.4. The second-order valence-electron chi connectivity index (χ2n) is 8.14. The molecule has 0 atom stereocenters. The van der Waals surface area contributed by atoms with E-state index >= 15 is 0 Å². The molecule has 0 spiro atoms. The lowest BCUT2D eigenvalue weighted by molar-refractivity contribution is 0.104. The standard InChI is InChI=1S/C24H27N3OS/c1-27(2)14-13-26-23-18-11-12-21(29-16-7-4-3-5-8-16)17-9-6-10-19(22(17)18)24(28)20(23)15-25/h6,9-12,16,26H,3-5,7-8,13-14H2,1-2H3. The van der Waals surface area contributed by atoms with E-state index < -0.39 is 0 Å². The van der Waals surface area contributed by atoms with Gasteiger partial charge in [0.2, 0.25) is 5.78 Å². The molecule has 1 fully saturated rings. The van der Waals surface area contributed by atoms with Crippen LogP contribution in [0.3, 0.4) is 0 Å². The van der Waals surface area contributed by atoms with E-state index in [1.165, 1.54) is 37.0 Å². The van der Waals surface area contributed by atoms with Crippen molar-refractivity contribution in [2.75, 3.05) is 27.2 Å². The number of benzene rings is 2. The molecule has 2 aromatic rings. The molecule has 1 saturated carbocycles. The number of hydrogen-bond donors (Lipinski definition) is 1. The summed E-state index contributed by atoms with van der Waals surface area (Å²) in [5.41, 5.74) is 2.52. The van der Waals surface area contributed by atoms with Crippen molar-refractivity contribution in [1.82, 2.24) is 10.2 Å². The Bertz CT molecular complexity index is 1010. The summed E-state index contributed by atoms with van der Waals surface area (Å²) in [6.45, 7) is 1.51. The molecular formula is C24H27N3OS. The molecule has 2 aromatic carbocycles. The molecule has 1 N–H and O–H groups in total. The first-order chi connectivity index (χ1) is 14.1. The SMILES string of the molecule is CN(C)CCNC1=C(C#N)C(=O)c2cccc3c(SC4CCCCC4)ccc1c23. The molecule has 5 heteroatoms. The van der Waals surface area contributed by atoms with Crippen LogP contribution in [0.1, 0.15) is 48.0 Å². The normalized spacial score (nSPS) is 17.1. The molecule has 2 aliphatic rings. The Morgan fingerprint density at radius 3 is 2.66 bits per heavy atom. The maximum absolute atomic E-state index is 13.1. The average Bonchev–Trinajstić information content (AvgIpc) is 2.73. The van der Waals surface area contributed by atoms with Crippen molar-refractivity contribution in [2.24, 2.45) is 0 Å². The third-order valence-electron chi connectivity index (χ3n) is 5.81. The number of nitriles is 1. The molecule has 0 saturated heterocycles. The molecule has 0 aliphatic heterocycles. The first-order valence-electron chi connectivity index (χ1n) is 10.4. The van der Waals surface area contributed by atoms with Gasteiger partial charge in [-0.15, -0.1) is 11.8 Å². The van der Waals surface area contributed by atoms with Gasteiger partial charge in [-0.25, -0.2) is 0 Å². The van der Waals surface area contributed by atoms with Crippen molar-refractivity contribution in [3.8, 4) is 6.07 Å². The van der Waals surface area contributed by atoms with Gasteiger partial charge < -0.3 is 10.2 Å². The van der Waals surface area contributed by atoms with Crippen LogP contribution in [0.4, 0.5) is 0 Å². The van der Waals surface area contributed by atoms with Gasteiger partial charge in [0, 0.05) is 39.7 Å². The number of carbonyl (C=O) groups is 1. The zero-order valence-electron chi connectivity index (χ0n) is 17.1. The third-order valence-corrected chi connectivity index (χ3v) is 7.22. The molecule has 0 aromatic heterocycles. The number of hydrogen-bond acceptors (Lipinski definition) is 5. The summed E-state index contributed by atoms with van der Waals surface area (Å²) >= 11 is 1.96. The van der Waals surface area contributed by atoms with Gasteiger partial charge in [0.05, 0.1) is 5.70 Å². The van der Waals surface area contributed by atoms with E-state index in [0.717, 1.165) is 22.9 Å². The first kappa shape index (κ1) is 20.0. The summed E-state index contributed by atoms with van der Waals surface area (Å²) in [5.74, 6) is -0.169. The van der Waals surface area contributed by atoms with Crippen LogP contribution in [0.2, 0.25) is 0 Å². The molecule has 0 radical (unpaired) electrons. The molecule has 0 unspecified atom stereocenters. The van der Waals surface area contributed by atoms with Crippen LogP contribution in [-0.2, 0) is 0 Å². The minimum absolute atomic E-state index is 0.169. The zero-order chi connectivity index (χ0) is 20.4. The quantitative estimate of drug-likeness (QED) is 0.745. The highest BCUT2D eigenvalue weighted by atomic mass is 32.2. The van der Waals surface area contributed by atoms with E-state index in [9.17, 15) is 10.1 Å². The Kier molecular flexibility index (Phi) is 5.94. The molecular weight excluding hydrogens is 378 g/mol. The predicted molar refractivity (Wildman–Crippen MR) is 120 cm³/mol. The summed E-state index contributed by atoms with van der Waals surface area (Å²) < 4.78 is 0. The number of nitrogens with one attached hydrogen (secondary N) is 1. The van der Waals surface area contributed by atoms with E-state index in [0.29, 0.717) is 23.1 Å². The van der Waals surface area contributed by atoms with Gasteiger partial charge >= 0.3 is 0 Å². The maximum Gasteiger partial charge on any atom is 0.206 e. The Balaban J connectivity index is 1.77. The Hall–Kier alpha value is -2.29. The Morgan fingerprint density at radius 1 is 1.14 bits per heavy atom. The minimum atomic E-state index is -0.169. The number of nitrogens with zero attached hydrogens (tertiary/aromatic N) is 2. The number of ketones is 1. The Labute approximate surface area is 177 Å². The lowest BCUT2D eigenvalue weighted by Gasteiger charge is -2.25. The zero-order valence-corrected chi connectivity index (χ0v) is 17.9. The molecule has 4 rings (SSSR count). The fourth-order valence-electron chi connectivity index (χ4n) is 4.32. The number of likely N-dealkylation sites (N-methyl/N-ethyl adjacent to an activating group) is 1.